The number of aromatic nitrogens is 1. The van der Waals surface area contributed by atoms with Crippen LogP contribution in [0.3, 0.4) is 0 Å². The third-order valence-electron chi connectivity index (χ3n) is 2.97. The van der Waals surface area contributed by atoms with Crippen molar-refractivity contribution in [3.05, 3.63) is 38.3 Å². The summed E-state index contributed by atoms with van der Waals surface area (Å²) in [5.41, 5.74) is 3.05. The van der Waals surface area contributed by atoms with E-state index in [4.69, 9.17) is 9.47 Å². The number of hydrogen-bond acceptors (Lipinski definition) is 7. The summed E-state index contributed by atoms with van der Waals surface area (Å²) in [5, 5.41) is 14.2. The van der Waals surface area contributed by atoms with Gasteiger partial charge in [0.05, 0.1) is 28.7 Å². The highest BCUT2D eigenvalue weighted by Crippen LogP contribution is 2.40. The van der Waals surface area contributed by atoms with Gasteiger partial charge in [0.1, 0.15) is 5.69 Å². The largest absolute Gasteiger partial charge is 0.454 e. The Hall–Kier alpha value is -2.35. The Morgan fingerprint density at radius 1 is 1.45 bits per heavy atom. The maximum atomic E-state index is 11.1. The quantitative estimate of drug-likeness (QED) is 0.689. The predicted octanol–water partition coefficient (Wildman–Crippen LogP) is 2.70. The van der Waals surface area contributed by atoms with Gasteiger partial charge in [-0.05, 0) is 6.92 Å². The molecule has 0 amide bonds. The van der Waals surface area contributed by atoms with Crippen LogP contribution >= 0.6 is 11.3 Å². The first kappa shape index (κ1) is 12.7. The van der Waals surface area contributed by atoms with Gasteiger partial charge in [-0.25, -0.2) is 4.98 Å². The molecule has 0 unspecified atom stereocenters. The smallest absolute Gasteiger partial charge is 0.296 e. The molecule has 1 aliphatic heterocycles. The van der Waals surface area contributed by atoms with Crippen LogP contribution in [0.15, 0.2) is 17.6 Å². The van der Waals surface area contributed by atoms with Crippen molar-refractivity contribution < 1.29 is 14.4 Å². The van der Waals surface area contributed by atoms with Crippen LogP contribution < -0.4 is 14.8 Å². The first-order chi connectivity index (χ1) is 9.65. The molecule has 0 bridgehead atoms. The molecule has 0 aliphatic carbocycles. The molecule has 1 aliphatic rings. The fraction of sp³-hybridized carbons (Fsp3) is 0.250. The van der Waals surface area contributed by atoms with Crippen LogP contribution in [-0.2, 0) is 6.54 Å². The number of ether oxygens (including phenoxy) is 2. The average Bonchev–Trinajstić information content (AvgIpc) is 3.03. The normalized spacial score (nSPS) is 12.4. The molecule has 1 N–H and O–H groups in total. The van der Waals surface area contributed by atoms with Gasteiger partial charge in [-0.15, -0.1) is 11.3 Å². The van der Waals surface area contributed by atoms with E-state index in [-0.39, 0.29) is 12.5 Å². The number of nitrogens with zero attached hydrogens (tertiary/aromatic N) is 2. The lowest BCUT2D eigenvalue weighted by molar-refractivity contribution is -0.384. The SMILES string of the molecule is Cc1ncsc1CNc1cc2c(cc1[N+](=O)[O-])OCO2. The first-order valence-corrected chi connectivity index (χ1v) is 6.74. The van der Waals surface area contributed by atoms with E-state index in [1.807, 2.05) is 6.92 Å². The number of fused-ring (bicyclic) bond motifs is 1. The molecular weight excluding hydrogens is 282 g/mol. The Morgan fingerprint density at radius 2 is 2.20 bits per heavy atom. The van der Waals surface area contributed by atoms with Crippen molar-refractivity contribution in [3.63, 3.8) is 0 Å². The van der Waals surface area contributed by atoms with Crippen molar-refractivity contribution in [2.24, 2.45) is 0 Å². The van der Waals surface area contributed by atoms with Crippen LogP contribution in [0, 0.1) is 17.0 Å². The summed E-state index contributed by atoms with van der Waals surface area (Å²) in [6.07, 6.45) is 0. The minimum absolute atomic E-state index is 0.0311. The van der Waals surface area contributed by atoms with E-state index < -0.39 is 4.92 Å². The summed E-state index contributed by atoms with van der Waals surface area (Å²) in [6, 6.07) is 2.97. The van der Waals surface area contributed by atoms with Gasteiger partial charge in [0, 0.05) is 10.9 Å². The van der Waals surface area contributed by atoms with Gasteiger partial charge < -0.3 is 14.8 Å². The highest BCUT2D eigenvalue weighted by molar-refractivity contribution is 7.09. The molecule has 7 nitrogen and oxygen atoms in total. The minimum atomic E-state index is -0.441. The van der Waals surface area contributed by atoms with Crippen LogP contribution in [0.2, 0.25) is 0 Å². The summed E-state index contributed by atoms with van der Waals surface area (Å²) in [7, 11) is 0. The van der Waals surface area contributed by atoms with Crippen molar-refractivity contribution in [1.29, 1.82) is 0 Å². The molecule has 1 aromatic heterocycles. The molecular formula is C12H11N3O4S. The van der Waals surface area contributed by atoms with Gasteiger partial charge >= 0.3 is 0 Å². The van der Waals surface area contributed by atoms with Crippen molar-refractivity contribution >= 4 is 22.7 Å². The standard InChI is InChI=1S/C12H11N3O4S/c1-7-12(20-5-14-7)4-13-8-2-10-11(19-6-18-10)3-9(8)15(16)17/h2-3,5,13H,4,6H2,1H3. The van der Waals surface area contributed by atoms with Gasteiger partial charge in [-0.1, -0.05) is 0 Å². The molecule has 0 spiro atoms. The molecule has 2 aromatic rings. The Bertz CT molecular complexity index is 671. The summed E-state index contributed by atoms with van der Waals surface area (Å²) >= 11 is 1.51. The van der Waals surface area contributed by atoms with E-state index in [0.29, 0.717) is 23.7 Å². The second kappa shape index (κ2) is 4.97. The van der Waals surface area contributed by atoms with Crippen LogP contribution in [-0.4, -0.2) is 16.7 Å². The lowest BCUT2D eigenvalue weighted by Gasteiger charge is -2.07. The molecule has 104 valence electrons. The van der Waals surface area contributed by atoms with E-state index in [9.17, 15) is 10.1 Å². The van der Waals surface area contributed by atoms with Crippen LogP contribution in [0.25, 0.3) is 0 Å². The molecule has 0 radical (unpaired) electrons. The summed E-state index contributed by atoms with van der Waals surface area (Å²) < 4.78 is 10.4. The van der Waals surface area contributed by atoms with E-state index in [2.05, 4.69) is 10.3 Å². The second-order valence-electron chi connectivity index (χ2n) is 4.19. The third kappa shape index (κ3) is 2.25. The number of aryl methyl sites for hydroxylation is 1. The zero-order valence-electron chi connectivity index (χ0n) is 10.6. The van der Waals surface area contributed by atoms with Crippen molar-refractivity contribution in [3.8, 4) is 11.5 Å². The minimum Gasteiger partial charge on any atom is -0.454 e. The molecule has 0 fully saturated rings. The van der Waals surface area contributed by atoms with Crippen molar-refractivity contribution in [2.45, 2.75) is 13.5 Å². The number of anilines is 1. The van der Waals surface area contributed by atoms with E-state index in [1.165, 1.54) is 17.4 Å². The zero-order chi connectivity index (χ0) is 14.1. The molecule has 0 atom stereocenters. The van der Waals surface area contributed by atoms with E-state index in [1.54, 1.807) is 11.6 Å². The van der Waals surface area contributed by atoms with Crippen LogP contribution in [0.1, 0.15) is 10.6 Å². The lowest BCUT2D eigenvalue weighted by atomic mass is 10.2. The van der Waals surface area contributed by atoms with Gasteiger partial charge in [0.2, 0.25) is 6.79 Å². The fourth-order valence-electron chi connectivity index (χ4n) is 1.90. The topological polar surface area (TPSA) is 86.5 Å². The number of nitro benzene ring substituents is 1. The Morgan fingerprint density at radius 3 is 2.85 bits per heavy atom. The highest BCUT2D eigenvalue weighted by Gasteiger charge is 2.23. The highest BCUT2D eigenvalue weighted by atomic mass is 32.1. The number of hydrogen-bond donors (Lipinski definition) is 1. The molecule has 8 heteroatoms. The molecule has 0 saturated carbocycles. The monoisotopic (exact) mass is 293 g/mol. The lowest BCUT2D eigenvalue weighted by Crippen LogP contribution is -2.02. The number of nitro groups is 1. The molecule has 2 heterocycles. The number of thiazole rings is 1. The molecule has 3 rings (SSSR count). The van der Waals surface area contributed by atoms with Gasteiger partial charge in [-0.3, -0.25) is 10.1 Å². The predicted molar refractivity (Wildman–Crippen MR) is 73.4 cm³/mol. The zero-order valence-corrected chi connectivity index (χ0v) is 11.4. The van der Waals surface area contributed by atoms with Crippen molar-refractivity contribution in [1.82, 2.24) is 4.98 Å². The first-order valence-electron chi connectivity index (χ1n) is 5.86. The summed E-state index contributed by atoms with van der Waals surface area (Å²) in [5.74, 6) is 0.912. The number of nitrogens with one attached hydrogen (secondary N) is 1. The molecule has 20 heavy (non-hydrogen) atoms. The molecule has 1 aromatic carbocycles. The third-order valence-corrected chi connectivity index (χ3v) is 3.91. The maximum Gasteiger partial charge on any atom is 0.296 e. The van der Waals surface area contributed by atoms with E-state index >= 15 is 0 Å². The Kier molecular flexibility index (Phi) is 3.15. The maximum absolute atomic E-state index is 11.1. The average molecular weight is 293 g/mol. The summed E-state index contributed by atoms with van der Waals surface area (Å²) in [4.78, 5) is 15.9. The Labute approximate surface area is 118 Å². The van der Waals surface area contributed by atoms with Crippen LogP contribution in [0.4, 0.5) is 11.4 Å². The Balaban J connectivity index is 1.88. The molecule has 0 saturated heterocycles. The van der Waals surface area contributed by atoms with E-state index in [0.717, 1.165) is 10.6 Å². The van der Waals surface area contributed by atoms with Crippen LogP contribution in [0.5, 0.6) is 11.5 Å². The van der Waals surface area contributed by atoms with Gasteiger partial charge in [0.15, 0.2) is 11.5 Å². The van der Waals surface area contributed by atoms with Gasteiger partial charge in [0.25, 0.3) is 5.69 Å². The summed E-state index contributed by atoms with van der Waals surface area (Å²) in [6.45, 7) is 2.47. The van der Waals surface area contributed by atoms with Crippen molar-refractivity contribution in [2.75, 3.05) is 12.1 Å². The van der Waals surface area contributed by atoms with Gasteiger partial charge in [-0.2, -0.15) is 0 Å². The second-order valence-corrected chi connectivity index (χ2v) is 5.13. The number of benzene rings is 1. The number of rotatable bonds is 4. The fourth-order valence-corrected chi connectivity index (χ4v) is 2.61.